The third kappa shape index (κ3) is 4.32. The number of rotatable bonds is 6. The fourth-order valence-electron chi connectivity index (χ4n) is 2.72. The summed E-state index contributed by atoms with van der Waals surface area (Å²) in [7, 11) is 0. The molecule has 0 amide bonds. The van der Waals surface area contributed by atoms with Gasteiger partial charge in [-0.1, -0.05) is 51.0 Å². The maximum atomic E-state index is 10.1. The van der Waals surface area contributed by atoms with Crippen molar-refractivity contribution in [2.45, 2.75) is 51.6 Å². The summed E-state index contributed by atoms with van der Waals surface area (Å²) < 4.78 is 5.66. The number of benzene rings is 1. The second kappa shape index (κ2) is 7.06. The second-order valence-corrected chi connectivity index (χ2v) is 6.03. The minimum Gasteiger partial charge on any atom is -0.386 e. The summed E-state index contributed by atoms with van der Waals surface area (Å²) >= 11 is 0. The fraction of sp³-hybridized carbons (Fsp3) is 0.647. The highest BCUT2D eigenvalue weighted by atomic mass is 16.5. The summed E-state index contributed by atoms with van der Waals surface area (Å²) in [6, 6.07) is 8.22. The molecule has 106 valence electrons. The number of hydrogen-bond donors (Lipinski definition) is 1. The summed E-state index contributed by atoms with van der Waals surface area (Å²) in [5, 5.41) is 10.1. The Morgan fingerprint density at radius 3 is 2.26 bits per heavy atom. The van der Waals surface area contributed by atoms with Crippen LogP contribution >= 0.6 is 0 Å². The van der Waals surface area contributed by atoms with Gasteiger partial charge in [0, 0.05) is 6.61 Å². The Hall–Kier alpha value is -0.860. The van der Waals surface area contributed by atoms with Crippen LogP contribution in [0.4, 0.5) is 0 Å². The van der Waals surface area contributed by atoms with Gasteiger partial charge in [-0.3, -0.25) is 0 Å². The summed E-state index contributed by atoms with van der Waals surface area (Å²) in [5.41, 5.74) is 2.26. The molecule has 19 heavy (non-hydrogen) atoms. The zero-order chi connectivity index (χ0) is 13.7. The van der Waals surface area contributed by atoms with Gasteiger partial charge in [0.15, 0.2) is 0 Å². The second-order valence-electron chi connectivity index (χ2n) is 6.03. The SMILES string of the molecule is CC(C)c1ccc(C(O)COCC2CCCC2)cc1. The Morgan fingerprint density at radius 1 is 1.11 bits per heavy atom. The van der Waals surface area contributed by atoms with E-state index in [0.717, 1.165) is 18.1 Å². The molecule has 1 atom stereocenters. The van der Waals surface area contributed by atoms with Crippen molar-refractivity contribution in [3.8, 4) is 0 Å². The van der Waals surface area contributed by atoms with Crippen molar-refractivity contribution >= 4 is 0 Å². The molecule has 1 saturated carbocycles. The highest BCUT2D eigenvalue weighted by Gasteiger charge is 2.16. The van der Waals surface area contributed by atoms with Crippen molar-refractivity contribution in [1.29, 1.82) is 0 Å². The zero-order valence-electron chi connectivity index (χ0n) is 12.1. The van der Waals surface area contributed by atoms with Crippen LogP contribution in [0.1, 0.15) is 62.7 Å². The molecular formula is C17H26O2. The average molecular weight is 262 g/mol. The molecule has 1 fully saturated rings. The molecule has 0 saturated heterocycles. The molecular weight excluding hydrogens is 236 g/mol. The molecule has 1 N–H and O–H groups in total. The van der Waals surface area contributed by atoms with Gasteiger partial charge in [-0.15, -0.1) is 0 Å². The molecule has 0 heterocycles. The molecule has 2 rings (SSSR count). The van der Waals surface area contributed by atoms with E-state index in [1.54, 1.807) is 0 Å². The molecule has 2 heteroatoms. The predicted octanol–water partition coefficient (Wildman–Crippen LogP) is 4.05. The van der Waals surface area contributed by atoms with E-state index in [1.165, 1.54) is 31.2 Å². The molecule has 0 aliphatic heterocycles. The first-order chi connectivity index (χ1) is 9.16. The maximum Gasteiger partial charge on any atom is 0.102 e. The van der Waals surface area contributed by atoms with Crippen LogP contribution < -0.4 is 0 Å². The summed E-state index contributed by atoms with van der Waals surface area (Å²) in [6.07, 6.45) is 4.77. The Bertz CT molecular complexity index is 363. The van der Waals surface area contributed by atoms with Crippen molar-refractivity contribution in [1.82, 2.24) is 0 Å². The molecule has 0 bridgehead atoms. The zero-order valence-corrected chi connectivity index (χ0v) is 12.1. The normalized spacial score (nSPS) is 18.1. The minimum atomic E-state index is -0.498. The first-order valence-electron chi connectivity index (χ1n) is 7.52. The molecule has 1 aliphatic rings. The summed E-state index contributed by atoms with van der Waals surface area (Å²) in [4.78, 5) is 0. The fourth-order valence-corrected chi connectivity index (χ4v) is 2.72. The van der Waals surface area contributed by atoms with E-state index in [1.807, 2.05) is 12.1 Å². The van der Waals surface area contributed by atoms with Gasteiger partial charge in [0.25, 0.3) is 0 Å². The monoisotopic (exact) mass is 262 g/mol. The summed E-state index contributed by atoms with van der Waals surface area (Å²) in [5.74, 6) is 1.25. The average Bonchev–Trinajstić information content (AvgIpc) is 2.92. The Morgan fingerprint density at radius 2 is 1.68 bits per heavy atom. The van der Waals surface area contributed by atoms with E-state index in [9.17, 15) is 5.11 Å². The van der Waals surface area contributed by atoms with E-state index >= 15 is 0 Å². The van der Waals surface area contributed by atoms with Crippen LogP contribution in [0.15, 0.2) is 24.3 Å². The van der Waals surface area contributed by atoms with Crippen molar-refractivity contribution < 1.29 is 9.84 Å². The van der Waals surface area contributed by atoms with E-state index < -0.39 is 6.10 Å². The molecule has 2 nitrogen and oxygen atoms in total. The predicted molar refractivity (Wildman–Crippen MR) is 78.3 cm³/mol. The van der Waals surface area contributed by atoms with Crippen LogP contribution in [0.25, 0.3) is 0 Å². The van der Waals surface area contributed by atoms with E-state index in [4.69, 9.17) is 4.74 Å². The van der Waals surface area contributed by atoms with Gasteiger partial charge in [-0.05, 0) is 35.8 Å². The van der Waals surface area contributed by atoms with Crippen molar-refractivity contribution in [2.75, 3.05) is 13.2 Å². The molecule has 1 aromatic rings. The Labute approximate surface area is 116 Å². The number of ether oxygens (including phenoxy) is 1. The van der Waals surface area contributed by atoms with Crippen LogP contribution in [-0.4, -0.2) is 18.3 Å². The van der Waals surface area contributed by atoms with Crippen LogP contribution in [0.3, 0.4) is 0 Å². The van der Waals surface area contributed by atoms with Gasteiger partial charge < -0.3 is 9.84 Å². The van der Waals surface area contributed by atoms with Crippen molar-refractivity contribution in [2.24, 2.45) is 5.92 Å². The lowest BCUT2D eigenvalue weighted by atomic mass is 10.0. The largest absolute Gasteiger partial charge is 0.386 e. The first-order valence-corrected chi connectivity index (χ1v) is 7.52. The van der Waals surface area contributed by atoms with Gasteiger partial charge in [0.05, 0.1) is 6.61 Å². The van der Waals surface area contributed by atoms with Crippen LogP contribution in [-0.2, 0) is 4.74 Å². The van der Waals surface area contributed by atoms with E-state index in [-0.39, 0.29) is 0 Å². The Kier molecular flexibility index (Phi) is 5.41. The highest BCUT2D eigenvalue weighted by Crippen LogP contribution is 2.25. The smallest absolute Gasteiger partial charge is 0.102 e. The van der Waals surface area contributed by atoms with Gasteiger partial charge in [-0.2, -0.15) is 0 Å². The Balaban J connectivity index is 1.76. The molecule has 0 spiro atoms. The van der Waals surface area contributed by atoms with Crippen molar-refractivity contribution in [3.05, 3.63) is 35.4 Å². The molecule has 0 aromatic heterocycles. The molecule has 1 aliphatic carbocycles. The summed E-state index contributed by atoms with van der Waals surface area (Å²) in [6.45, 7) is 5.57. The quantitative estimate of drug-likeness (QED) is 0.838. The van der Waals surface area contributed by atoms with Crippen LogP contribution in [0.2, 0.25) is 0 Å². The minimum absolute atomic E-state index is 0.414. The molecule has 0 radical (unpaired) electrons. The van der Waals surface area contributed by atoms with Gasteiger partial charge in [0.1, 0.15) is 6.10 Å². The van der Waals surface area contributed by atoms with Crippen LogP contribution in [0.5, 0.6) is 0 Å². The van der Waals surface area contributed by atoms with Gasteiger partial charge >= 0.3 is 0 Å². The van der Waals surface area contributed by atoms with Crippen LogP contribution in [0, 0.1) is 5.92 Å². The molecule has 1 unspecified atom stereocenters. The topological polar surface area (TPSA) is 29.5 Å². The number of aliphatic hydroxyl groups excluding tert-OH is 1. The lowest BCUT2D eigenvalue weighted by Gasteiger charge is -2.15. The van der Waals surface area contributed by atoms with Crippen molar-refractivity contribution in [3.63, 3.8) is 0 Å². The highest BCUT2D eigenvalue weighted by molar-refractivity contribution is 5.26. The van der Waals surface area contributed by atoms with Gasteiger partial charge in [0.2, 0.25) is 0 Å². The first kappa shape index (κ1) is 14.5. The molecule has 1 aromatic carbocycles. The van der Waals surface area contributed by atoms with E-state index in [2.05, 4.69) is 26.0 Å². The standard InChI is InChI=1S/C17H26O2/c1-13(2)15-7-9-16(10-8-15)17(18)12-19-11-14-5-3-4-6-14/h7-10,13-14,17-18H,3-6,11-12H2,1-2H3. The lowest BCUT2D eigenvalue weighted by Crippen LogP contribution is -2.12. The van der Waals surface area contributed by atoms with E-state index in [0.29, 0.717) is 12.5 Å². The third-order valence-electron chi connectivity index (χ3n) is 4.09. The third-order valence-corrected chi connectivity index (χ3v) is 4.09. The maximum absolute atomic E-state index is 10.1. The number of hydrogen-bond acceptors (Lipinski definition) is 2. The van der Waals surface area contributed by atoms with Gasteiger partial charge in [-0.25, -0.2) is 0 Å². The lowest BCUT2D eigenvalue weighted by molar-refractivity contribution is 0.0212. The number of aliphatic hydroxyl groups is 1.